The van der Waals surface area contributed by atoms with Crippen molar-refractivity contribution in [1.29, 1.82) is 0 Å². The summed E-state index contributed by atoms with van der Waals surface area (Å²) in [6.45, 7) is 0.847. The van der Waals surface area contributed by atoms with Crippen LogP contribution in [0.1, 0.15) is 33.2 Å². The molecule has 3 heterocycles. The third-order valence-electron chi connectivity index (χ3n) is 7.70. The zero-order valence-electron chi connectivity index (χ0n) is 26.9. The highest BCUT2D eigenvalue weighted by Gasteiger charge is 2.23. The predicted octanol–water partition coefficient (Wildman–Crippen LogP) is 8.32. The quantitative estimate of drug-likeness (QED) is 0.162. The van der Waals surface area contributed by atoms with Crippen LogP contribution in [0.3, 0.4) is 0 Å². The molecule has 0 aliphatic rings. The first kappa shape index (κ1) is 33.9. The second kappa shape index (κ2) is 14.7. The highest BCUT2D eigenvalue weighted by molar-refractivity contribution is 5.89. The smallest absolute Gasteiger partial charge is 0.335 e. The van der Waals surface area contributed by atoms with E-state index < -0.39 is 17.9 Å². The average Bonchev–Trinajstić information content (AvgIpc) is 3.71. The molecule has 2 N–H and O–H groups in total. The lowest BCUT2D eigenvalue weighted by atomic mass is 10.1. The van der Waals surface area contributed by atoms with Gasteiger partial charge >= 0.3 is 11.9 Å². The molecule has 252 valence electrons. The molecule has 0 saturated heterocycles. The number of carbonyl (C=O) groups is 2. The lowest BCUT2D eigenvalue weighted by Gasteiger charge is -2.11. The molecule has 0 saturated carbocycles. The van der Waals surface area contributed by atoms with Crippen LogP contribution in [-0.4, -0.2) is 51.6 Å². The van der Waals surface area contributed by atoms with E-state index >= 15 is 0 Å². The van der Waals surface area contributed by atoms with Gasteiger partial charge < -0.3 is 14.8 Å². The van der Waals surface area contributed by atoms with Gasteiger partial charge in [-0.05, 0) is 48.5 Å². The molecule has 0 atom stereocenters. The van der Waals surface area contributed by atoms with Crippen LogP contribution < -0.4 is 0 Å². The molecular formula is C39H28F2N6O4. The molecule has 0 aliphatic heterocycles. The Labute approximate surface area is 290 Å². The monoisotopic (exact) mass is 682 g/mol. The number of nitrogens with zero attached hydrogens (tertiary/aromatic N) is 6. The molecule has 0 aliphatic carbocycles. The van der Waals surface area contributed by atoms with Crippen LogP contribution in [0.4, 0.5) is 8.78 Å². The molecule has 3 aromatic heterocycles. The minimum atomic E-state index is -2.90. The Morgan fingerprint density at radius 3 is 1.55 bits per heavy atom. The summed E-state index contributed by atoms with van der Waals surface area (Å²) in [4.78, 5) is 43.7. The van der Waals surface area contributed by atoms with E-state index in [4.69, 9.17) is 10.2 Å². The number of alkyl halides is 2. The molecule has 10 nitrogen and oxygen atoms in total. The third kappa shape index (κ3) is 8.20. The van der Waals surface area contributed by atoms with Gasteiger partial charge in [0.15, 0.2) is 11.6 Å². The first-order valence-corrected chi connectivity index (χ1v) is 15.5. The minimum Gasteiger partial charge on any atom is -0.478 e. The van der Waals surface area contributed by atoms with Gasteiger partial charge in [0.2, 0.25) is 0 Å². The minimum absolute atomic E-state index is 0.0697. The van der Waals surface area contributed by atoms with E-state index in [1.165, 1.54) is 24.3 Å². The zero-order valence-corrected chi connectivity index (χ0v) is 26.9. The van der Waals surface area contributed by atoms with Crippen molar-refractivity contribution >= 4 is 11.9 Å². The van der Waals surface area contributed by atoms with Crippen LogP contribution in [-0.2, 0) is 5.92 Å². The molecule has 0 radical (unpaired) electrons. The zero-order chi connectivity index (χ0) is 36.0. The number of benzene rings is 4. The second-order valence-electron chi connectivity index (χ2n) is 11.3. The summed E-state index contributed by atoms with van der Waals surface area (Å²) in [5.74, 6) is -4.05. The molecule has 4 aromatic carbocycles. The molecule has 0 amide bonds. The molecule has 51 heavy (non-hydrogen) atoms. The van der Waals surface area contributed by atoms with Crippen molar-refractivity contribution in [1.82, 2.24) is 29.5 Å². The van der Waals surface area contributed by atoms with Crippen molar-refractivity contribution in [3.05, 3.63) is 157 Å². The van der Waals surface area contributed by atoms with Crippen molar-refractivity contribution < 1.29 is 28.6 Å². The highest BCUT2D eigenvalue weighted by Crippen LogP contribution is 2.29. The van der Waals surface area contributed by atoms with Crippen LogP contribution in [0, 0.1) is 0 Å². The fraction of sp³-hybridized carbons (Fsp3) is 0.0513. The number of carboxylic acids is 2. The summed E-state index contributed by atoms with van der Waals surface area (Å²) >= 11 is 0. The first-order chi connectivity index (χ1) is 24.5. The number of aromatic carboxylic acids is 2. The van der Waals surface area contributed by atoms with Gasteiger partial charge in [-0.15, -0.1) is 0 Å². The summed E-state index contributed by atoms with van der Waals surface area (Å²) < 4.78 is 28.5. The number of hydrogen-bond donors (Lipinski definition) is 2. The van der Waals surface area contributed by atoms with Gasteiger partial charge in [-0.2, -0.15) is 0 Å². The maximum Gasteiger partial charge on any atom is 0.335 e. The second-order valence-corrected chi connectivity index (χ2v) is 11.3. The van der Waals surface area contributed by atoms with E-state index in [1.807, 2.05) is 41.1 Å². The van der Waals surface area contributed by atoms with Crippen LogP contribution in [0.15, 0.2) is 140 Å². The van der Waals surface area contributed by atoms with E-state index in [-0.39, 0.29) is 16.7 Å². The molecular weight excluding hydrogens is 654 g/mol. The van der Waals surface area contributed by atoms with E-state index in [0.717, 1.165) is 23.9 Å². The summed E-state index contributed by atoms with van der Waals surface area (Å²) in [7, 11) is 0. The Morgan fingerprint density at radius 2 is 1.12 bits per heavy atom. The van der Waals surface area contributed by atoms with E-state index in [0.29, 0.717) is 34.0 Å². The fourth-order valence-corrected chi connectivity index (χ4v) is 5.05. The summed E-state index contributed by atoms with van der Waals surface area (Å²) in [5.41, 5.74) is 5.49. The van der Waals surface area contributed by atoms with Crippen molar-refractivity contribution in [2.24, 2.45) is 0 Å². The Kier molecular flexibility index (Phi) is 9.76. The van der Waals surface area contributed by atoms with Crippen molar-refractivity contribution in [2.45, 2.75) is 12.8 Å². The van der Waals surface area contributed by atoms with Crippen molar-refractivity contribution in [3.63, 3.8) is 0 Å². The van der Waals surface area contributed by atoms with Crippen LogP contribution in [0.25, 0.3) is 51.0 Å². The lowest BCUT2D eigenvalue weighted by Crippen LogP contribution is -2.06. The molecule has 7 aromatic rings. The standard InChI is InChI=1S/C20H14N4O2.C19H14F2N2O2/c25-20(26)16-3-1-2-15(12-16)19-22-9-8-18(23-19)14-4-6-17(7-5-14)24-11-10-21-13-24;1-19(20,21)15-7-5-12(6-8-15)16-9-10-22-17(23-16)13-3-2-4-14(11-13)18(24)25/h1-13H,(H,25,26);2-11H,1H3,(H,24,25). The summed E-state index contributed by atoms with van der Waals surface area (Å²) in [6, 6.07) is 30.2. The van der Waals surface area contributed by atoms with Crippen molar-refractivity contribution in [3.8, 4) is 51.0 Å². The van der Waals surface area contributed by atoms with Crippen molar-refractivity contribution in [2.75, 3.05) is 0 Å². The molecule has 0 fully saturated rings. The third-order valence-corrected chi connectivity index (χ3v) is 7.70. The largest absolute Gasteiger partial charge is 0.478 e. The SMILES string of the molecule is CC(F)(F)c1ccc(-c2ccnc(-c3cccc(C(=O)O)c3)n2)cc1.O=C(O)c1cccc(-c2nccc(-c3ccc(-n4ccnc4)cc3)n2)c1. The summed E-state index contributed by atoms with van der Waals surface area (Å²) in [5, 5.41) is 18.2. The van der Waals surface area contributed by atoms with Crippen LogP contribution in [0.2, 0.25) is 0 Å². The fourth-order valence-electron chi connectivity index (χ4n) is 5.05. The van der Waals surface area contributed by atoms with Crippen LogP contribution >= 0.6 is 0 Å². The number of hydrogen-bond acceptors (Lipinski definition) is 7. The Morgan fingerprint density at radius 1 is 0.627 bits per heavy atom. The first-order valence-electron chi connectivity index (χ1n) is 15.5. The Bertz CT molecular complexity index is 2310. The Balaban J connectivity index is 0.000000176. The number of aromatic nitrogens is 6. The number of imidazole rings is 1. The molecule has 12 heteroatoms. The van der Waals surface area contributed by atoms with Gasteiger partial charge in [-0.1, -0.05) is 60.7 Å². The number of carboxylic acid groups (broad SMARTS) is 2. The van der Waals surface area contributed by atoms with Gasteiger partial charge in [0.05, 0.1) is 28.8 Å². The average molecular weight is 683 g/mol. The van der Waals surface area contributed by atoms with Crippen LogP contribution in [0.5, 0.6) is 0 Å². The predicted molar refractivity (Wildman–Crippen MR) is 186 cm³/mol. The molecule has 7 rings (SSSR count). The molecule has 0 spiro atoms. The number of rotatable bonds is 8. The normalized spacial score (nSPS) is 11.0. The van der Waals surface area contributed by atoms with Gasteiger partial charge in [0, 0.05) is 65.2 Å². The van der Waals surface area contributed by atoms with E-state index in [2.05, 4.69) is 24.9 Å². The number of halogens is 2. The van der Waals surface area contributed by atoms with E-state index in [9.17, 15) is 18.4 Å². The summed E-state index contributed by atoms with van der Waals surface area (Å²) in [6.07, 6.45) is 8.58. The molecule has 0 bridgehead atoms. The topological polar surface area (TPSA) is 144 Å². The highest BCUT2D eigenvalue weighted by atomic mass is 19.3. The van der Waals surface area contributed by atoms with E-state index in [1.54, 1.807) is 79.5 Å². The van der Waals surface area contributed by atoms with Gasteiger partial charge in [0.1, 0.15) is 0 Å². The lowest BCUT2D eigenvalue weighted by molar-refractivity contribution is 0.0174. The van der Waals surface area contributed by atoms with Gasteiger partial charge in [-0.3, -0.25) is 0 Å². The molecule has 0 unspecified atom stereocenters. The maximum absolute atomic E-state index is 13.3. The Hall–Kier alpha value is -6.95. The van der Waals surface area contributed by atoms with Gasteiger partial charge in [-0.25, -0.2) is 43.3 Å². The van der Waals surface area contributed by atoms with Gasteiger partial charge in [0.25, 0.3) is 5.92 Å². The maximum atomic E-state index is 13.3.